The summed E-state index contributed by atoms with van der Waals surface area (Å²) < 4.78 is 11.3. The Balaban J connectivity index is 2.46. The first-order valence-corrected chi connectivity index (χ1v) is 7.53. The fourth-order valence-electron chi connectivity index (χ4n) is 1.60. The Labute approximate surface area is 129 Å². The first-order chi connectivity index (χ1) is 9.52. The second kappa shape index (κ2) is 8.97. The number of nitrogens with one attached hydrogen (secondary N) is 1. The summed E-state index contributed by atoms with van der Waals surface area (Å²) in [4.78, 5) is 11.0. The first-order valence-electron chi connectivity index (χ1n) is 6.74. The molecule has 1 aromatic rings. The number of benzene rings is 1. The van der Waals surface area contributed by atoms with Crippen molar-refractivity contribution in [1.29, 1.82) is 0 Å². The van der Waals surface area contributed by atoms with Gasteiger partial charge in [-0.05, 0) is 30.2 Å². The molecule has 0 aliphatic carbocycles. The molecule has 0 fully saturated rings. The van der Waals surface area contributed by atoms with Gasteiger partial charge in [-0.2, -0.15) is 0 Å². The SMILES string of the molecule is COC(=O)CCCOc1ccc(Br)c(CNC(C)C)c1. The molecule has 0 amide bonds. The molecule has 4 nitrogen and oxygen atoms in total. The van der Waals surface area contributed by atoms with Crippen molar-refractivity contribution in [2.24, 2.45) is 0 Å². The van der Waals surface area contributed by atoms with Crippen molar-refractivity contribution in [3.05, 3.63) is 28.2 Å². The van der Waals surface area contributed by atoms with Crippen LogP contribution in [0.15, 0.2) is 22.7 Å². The largest absolute Gasteiger partial charge is 0.494 e. The van der Waals surface area contributed by atoms with Gasteiger partial charge in [0.25, 0.3) is 0 Å². The number of esters is 1. The molecule has 0 radical (unpaired) electrons. The Hall–Kier alpha value is -1.07. The molecule has 0 aliphatic rings. The number of carbonyl (C=O) groups excluding carboxylic acids is 1. The van der Waals surface area contributed by atoms with E-state index >= 15 is 0 Å². The highest BCUT2D eigenvalue weighted by molar-refractivity contribution is 9.10. The lowest BCUT2D eigenvalue weighted by atomic mass is 10.2. The van der Waals surface area contributed by atoms with Crippen molar-refractivity contribution in [3.8, 4) is 5.75 Å². The number of hydrogen-bond donors (Lipinski definition) is 1. The Morgan fingerprint density at radius 1 is 1.40 bits per heavy atom. The summed E-state index contributed by atoms with van der Waals surface area (Å²) in [7, 11) is 1.39. The molecular weight excluding hydrogens is 322 g/mol. The summed E-state index contributed by atoms with van der Waals surface area (Å²) in [6.45, 7) is 5.52. The van der Waals surface area contributed by atoms with Crippen LogP contribution in [0.4, 0.5) is 0 Å². The van der Waals surface area contributed by atoms with Crippen LogP contribution in [-0.4, -0.2) is 25.7 Å². The van der Waals surface area contributed by atoms with Gasteiger partial charge >= 0.3 is 5.97 Å². The average Bonchev–Trinajstić information content (AvgIpc) is 2.43. The summed E-state index contributed by atoms with van der Waals surface area (Å²) in [5.74, 6) is 0.616. The van der Waals surface area contributed by atoms with E-state index in [1.807, 2.05) is 18.2 Å². The topological polar surface area (TPSA) is 47.6 Å². The van der Waals surface area contributed by atoms with Gasteiger partial charge < -0.3 is 14.8 Å². The number of ether oxygens (including phenoxy) is 2. The van der Waals surface area contributed by atoms with Gasteiger partial charge in [-0.1, -0.05) is 29.8 Å². The van der Waals surface area contributed by atoms with Gasteiger partial charge in [0, 0.05) is 23.5 Å². The molecule has 0 aliphatic heterocycles. The van der Waals surface area contributed by atoms with Crippen LogP contribution < -0.4 is 10.1 Å². The number of halogens is 1. The average molecular weight is 344 g/mol. The fourth-order valence-corrected chi connectivity index (χ4v) is 1.99. The highest BCUT2D eigenvalue weighted by atomic mass is 79.9. The Bertz CT molecular complexity index is 435. The predicted octanol–water partition coefficient (Wildman–Crippen LogP) is 3.28. The zero-order valence-corrected chi connectivity index (χ0v) is 13.8. The van der Waals surface area contributed by atoms with Gasteiger partial charge in [-0.25, -0.2) is 0 Å². The van der Waals surface area contributed by atoms with E-state index < -0.39 is 0 Å². The number of hydrogen-bond acceptors (Lipinski definition) is 4. The van der Waals surface area contributed by atoms with Crippen LogP contribution in [0, 0.1) is 0 Å². The maximum absolute atomic E-state index is 11.0. The van der Waals surface area contributed by atoms with Crippen LogP contribution in [-0.2, 0) is 16.1 Å². The maximum Gasteiger partial charge on any atom is 0.305 e. The summed E-state index contributed by atoms with van der Waals surface area (Å²) in [5, 5.41) is 3.37. The van der Waals surface area contributed by atoms with Crippen LogP contribution in [0.1, 0.15) is 32.3 Å². The summed E-state index contributed by atoms with van der Waals surface area (Å²) >= 11 is 3.53. The van der Waals surface area contributed by atoms with E-state index in [1.54, 1.807) is 0 Å². The Morgan fingerprint density at radius 2 is 2.15 bits per heavy atom. The zero-order valence-electron chi connectivity index (χ0n) is 12.2. The molecule has 0 unspecified atom stereocenters. The van der Waals surface area contributed by atoms with Crippen molar-refractivity contribution in [2.75, 3.05) is 13.7 Å². The molecule has 1 rings (SSSR count). The molecule has 0 spiro atoms. The molecule has 112 valence electrons. The zero-order chi connectivity index (χ0) is 15.0. The third-order valence-electron chi connectivity index (χ3n) is 2.74. The van der Waals surface area contributed by atoms with Crippen LogP contribution in [0.3, 0.4) is 0 Å². The number of methoxy groups -OCH3 is 1. The van der Waals surface area contributed by atoms with Gasteiger partial charge in [0.15, 0.2) is 0 Å². The Kier molecular flexibility index (Phi) is 7.62. The smallest absolute Gasteiger partial charge is 0.305 e. The maximum atomic E-state index is 11.0. The minimum absolute atomic E-state index is 0.203. The van der Waals surface area contributed by atoms with E-state index in [-0.39, 0.29) is 5.97 Å². The van der Waals surface area contributed by atoms with Crippen LogP contribution >= 0.6 is 15.9 Å². The lowest BCUT2D eigenvalue weighted by Gasteiger charge is -2.12. The van der Waals surface area contributed by atoms with Crippen molar-refractivity contribution in [1.82, 2.24) is 5.32 Å². The monoisotopic (exact) mass is 343 g/mol. The van der Waals surface area contributed by atoms with E-state index in [0.29, 0.717) is 25.5 Å². The molecule has 5 heteroatoms. The molecule has 1 aromatic carbocycles. The second-order valence-corrected chi connectivity index (χ2v) is 5.67. The molecule has 0 bridgehead atoms. The quantitative estimate of drug-likeness (QED) is 0.581. The summed E-state index contributed by atoms with van der Waals surface area (Å²) in [6.07, 6.45) is 1.04. The van der Waals surface area contributed by atoms with E-state index in [0.717, 1.165) is 22.3 Å². The highest BCUT2D eigenvalue weighted by Crippen LogP contribution is 2.23. The van der Waals surface area contributed by atoms with Gasteiger partial charge in [0.1, 0.15) is 5.75 Å². The Morgan fingerprint density at radius 3 is 2.80 bits per heavy atom. The summed E-state index contributed by atoms with van der Waals surface area (Å²) in [5.41, 5.74) is 1.16. The van der Waals surface area contributed by atoms with Gasteiger partial charge in [0.05, 0.1) is 13.7 Å². The minimum Gasteiger partial charge on any atom is -0.494 e. The van der Waals surface area contributed by atoms with Gasteiger partial charge in [0.2, 0.25) is 0 Å². The van der Waals surface area contributed by atoms with Gasteiger partial charge in [-0.3, -0.25) is 4.79 Å². The predicted molar refractivity (Wildman–Crippen MR) is 82.9 cm³/mol. The van der Waals surface area contributed by atoms with Crippen molar-refractivity contribution in [3.63, 3.8) is 0 Å². The molecule has 0 heterocycles. The molecule has 20 heavy (non-hydrogen) atoms. The van der Waals surface area contributed by atoms with Crippen molar-refractivity contribution < 1.29 is 14.3 Å². The molecule has 0 saturated carbocycles. The van der Waals surface area contributed by atoms with E-state index in [1.165, 1.54) is 7.11 Å². The van der Waals surface area contributed by atoms with Crippen LogP contribution in [0.25, 0.3) is 0 Å². The molecular formula is C15H22BrNO3. The molecule has 0 atom stereocenters. The number of carbonyl (C=O) groups is 1. The third kappa shape index (κ3) is 6.39. The van der Waals surface area contributed by atoms with Crippen LogP contribution in [0.2, 0.25) is 0 Å². The van der Waals surface area contributed by atoms with Crippen molar-refractivity contribution >= 4 is 21.9 Å². The highest BCUT2D eigenvalue weighted by Gasteiger charge is 2.04. The summed E-state index contributed by atoms with van der Waals surface area (Å²) in [6, 6.07) is 6.35. The normalized spacial score (nSPS) is 10.7. The molecule has 0 aromatic heterocycles. The van der Waals surface area contributed by atoms with Crippen molar-refractivity contribution in [2.45, 2.75) is 39.3 Å². The third-order valence-corrected chi connectivity index (χ3v) is 3.51. The van der Waals surface area contributed by atoms with Crippen LogP contribution in [0.5, 0.6) is 5.75 Å². The van der Waals surface area contributed by atoms with Gasteiger partial charge in [-0.15, -0.1) is 0 Å². The molecule has 1 N–H and O–H groups in total. The number of rotatable bonds is 8. The minimum atomic E-state index is -0.203. The standard InChI is InChI=1S/C15H22BrNO3/c1-11(2)17-10-12-9-13(6-7-14(12)16)20-8-4-5-15(18)19-3/h6-7,9,11,17H,4-5,8,10H2,1-3H3. The fraction of sp³-hybridized carbons (Fsp3) is 0.533. The van der Waals surface area contributed by atoms with E-state index in [9.17, 15) is 4.79 Å². The van der Waals surface area contributed by atoms with E-state index in [2.05, 4.69) is 39.8 Å². The lowest BCUT2D eigenvalue weighted by molar-refractivity contribution is -0.140. The first kappa shape index (κ1) is 17.0. The molecule has 0 saturated heterocycles. The second-order valence-electron chi connectivity index (χ2n) is 4.82. The lowest BCUT2D eigenvalue weighted by Crippen LogP contribution is -2.22. The van der Waals surface area contributed by atoms with E-state index in [4.69, 9.17) is 4.74 Å².